The van der Waals surface area contributed by atoms with Crippen LogP contribution in [0.3, 0.4) is 0 Å². The lowest BCUT2D eigenvalue weighted by Gasteiger charge is -2.22. The highest BCUT2D eigenvalue weighted by Gasteiger charge is 2.29. The first kappa shape index (κ1) is 26.3. The van der Waals surface area contributed by atoms with E-state index in [0.717, 1.165) is 34.2 Å². The average molecular weight is 553 g/mol. The van der Waals surface area contributed by atoms with Crippen molar-refractivity contribution in [3.63, 3.8) is 0 Å². The molecule has 0 fully saturated rings. The second-order valence-corrected chi connectivity index (χ2v) is 10.5. The zero-order valence-electron chi connectivity index (χ0n) is 22.9. The molecule has 0 saturated carbocycles. The molecule has 2 amide bonds. The number of ketones is 2. The van der Waals surface area contributed by atoms with E-state index in [1.165, 1.54) is 16.9 Å². The average Bonchev–Trinajstić information content (AvgIpc) is 3.59. The Bertz CT molecular complexity index is 1760. The number of fused-ring (bicyclic) bond motifs is 3. The van der Waals surface area contributed by atoms with Gasteiger partial charge in [-0.3, -0.25) is 19.2 Å². The normalized spacial score (nSPS) is 17.5. The summed E-state index contributed by atoms with van der Waals surface area (Å²) in [6.07, 6.45) is 2.53. The Morgan fingerprint density at radius 3 is 2.76 bits per heavy atom. The maximum atomic E-state index is 13.5. The summed E-state index contributed by atoms with van der Waals surface area (Å²) in [5.41, 5.74) is 5.43. The number of hydrogen-bond acceptors (Lipinski definition) is 8. The largest absolute Gasteiger partial charge is 0.483 e. The standard InChI is InChI=1S/C30H28N6O5/c1-15-20(16(2)37)5-6-22-21(15)7-8-23(22)34-29(40)25-12-24(35-30-32-14-33-36(25)30)28(39)31-13-18-4-9-27-19(10-18)11-26(38)17(3)41-27/h4-6,9-10,12,14,17,23H,7-8,11,13H2,1-3H3,(H,31,39)(H,34,40)/t17?,23-/m0/s1. The Kier molecular flexibility index (Phi) is 6.56. The van der Waals surface area contributed by atoms with Crippen molar-refractivity contribution < 1.29 is 23.9 Å². The van der Waals surface area contributed by atoms with Gasteiger partial charge in [0.15, 0.2) is 17.7 Å². The van der Waals surface area contributed by atoms with Crippen LogP contribution in [0.25, 0.3) is 5.78 Å². The SMILES string of the molecule is CC(=O)c1ccc2c(c1C)CC[C@@H]2NC(=O)c1cc(C(=O)NCc2ccc3c(c2)CC(=O)C(C)O3)nc2ncnn12. The van der Waals surface area contributed by atoms with Gasteiger partial charge in [-0.05, 0) is 68.0 Å². The molecule has 0 saturated heterocycles. The summed E-state index contributed by atoms with van der Waals surface area (Å²) in [6.45, 7) is 5.40. The van der Waals surface area contributed by atoms with Gasteiger partial charge in [0.2, 0.25) is 0 Å². The van der Waals surface area contributed by atoms with Gasteiger partial charge in [0, 0.05) is 30.2 Å². The predicted octanol–water partition coefficient (Wildman–Crippen LogP) is 2.88. The fraction of sp³-hybridized carbons (Fsp3) is 0.300. The third kappa shape index (κ3) is 4.83. The number of nitrogens with one attached hydrogen (secondary N) is 2. The highest BCUT2D eigenvalue weighted by molar-refractivity contribution is 5.98. The maximum Gasteiger partial charge on any atom is 0.270 e. The first-order valence-electron chi connectivity index (χ1n) is 13.4. The lowest BCUT2D eigenvalue weighted by atomic mass is 9.96. The van der Waals surface area contributed by atoms with E-state index in [1.807, 2.05) is 25.1 Å². The molecule has 0 bridgehead atoms. The number of Topliss-reactive ketones (excluding diaryl/α,β-unsaturated/α-hetero) is 2. The Morgan fingerprint density at radius 1 is 1.12 bits per heavy atom. The first-order chi connectivity index (χ1) is 19.7. The number of nitrogens with zero attached hydrogens (tertiary/aromatic N) is 4. The van der Waals surface area contributed by atoms with Crippen molar-refractivity contribution in [2.24, 2.45) is 0 Å². The predicted molar refractivity (Wildman–Crippen MR) is 147 cm³/mol. The molecule has 1 unspecified atom stereocenters. The number of hydrogen-bond donors (Lipinski definition) is 2. The summed E-state index contributed by atoms with van der Waals surface area (Å²) in [7, 11) is 0. The molecule has 208 valence electrons. The van der Waals surface area contributed by atoms with Gasteiger partial charge < -0.3 is 15.4 Å². The second-order valence-electron chi connectivity index (χ2n) is 10.5. The molecule has 2 aliphatic rings. The van der Waals surface area contributed by atoms with Gasteiger partial charge in [-0.2, -0.15) is 14.6 Å². The minimum absolute atomic E-state index is 0.00680. The Balaban J connectivity index is 1.20. The molecule has 3 heterocycles. The summed E-state index contributed by atoms with van der Waals surface area (Å²) < 4.78 is 6.94. The van der Waals surface area contributed by atoms with Gasteiger partial charge in [0.05, 0.1) is 6.04 Å². The van der Waals surface area contributed by atoms with Crippen LogP contribution in [0, 0.1) is 6.92 Å². The van der Waals surface area contributed by atoms with E-state index in [1.54, 1.807) is 26.0 Å². The minimum Gasteiger partial charge on any atom is -0.483 e. The third-order valence-corrected chi connectivity index (χ3v) is 7.79. The number of rotatable bonds is 6. The molecule has 2 N–H and O–H groups in total. The van der Waals surface area contributed by atoms with Crippen LogP contribution in [0.15, 0.2) is 42.7 Å². The van der Waals surface area contributed by atoms with Gasteiger partial charge in [0.1, 0.15) is 23.5 Å². The highest BCUT2D eigenvalue weighted by Crippen LogP contribution is 2.35. The van der Waals surface area contributed by atoms with E-state index in [-0.39, 0.29) is 47.7 Å². The van der Waals surface area contributed by atoms with Crippen molar-refractivity contribution >= 4 is 29.2 Å². The molecule has 1 aliphatic carbocycles. The maximum absolute atomic E-state index is 13.5. The molecule has 0 radical (unpaired) electrons. The molecule has 2 atom stereocenters. The Morgan fingerprint density at radius 2 is 1.95 bits per heavy atom. The quantitative estimate of drug-likeness (QED) is 0.348. The Hall–Kier alpha value is -4.93. The number of amides is 2. The minimum atomic E-state index is -0.484. The molecule has 0 spiro atoms. The number of benzene rings is 2. The van der Waals surface area contributed by atoms with E-state index in [0.29, 0.717) is 17.7 Å². The van der Waals surface area contributed by atoms with Crippen LogP contribution in [0.5, 0.6) is 5.75 Å². The fourth-order valence-electron chi connectivity index (χ4n) is 5.59. The Labute approximate surface area is 235 Å². The van der Waals surface area contributed by atoms with Gasteiger partial charge in [0.25, 0.3) is 17.6 Å². The van der Waals surface area contributed by atoms with Crippen LogP contribution in [-0.2, 0) is 24.2 Å². The highest BCUT2D eigenvalue weighted by atomic mass is 16.5. The first-order valence-corrected chi connectivity index (χ1v) is 13.4. The van der Waals surface area contributed by atoms with Gasteiger partial charge in [-0.15, -0.1) is 0 Å². The molecule has 41 heavy (non-hydrogen) atoms. The summed E-state index contributed by atoms with van der Waals surface area (Å²) in [6, 6.07) is 10.3. The number of aromatic nitrogens is 4. The van der Waals surface area contributed by atoms with Crippen molar-refractivity contribution in [3.8, 4) is 5.75 Å². The van der Waals surface area contributed by atoms with Crippen LogP contribution in [0.1, 0.15) is 85.5 Å². The van der Waals surface area contributed by atoms with E-state index in [9.17, 15) is 19.2 Å². The van der Waals surface area contributed by atoms with Gasteiger partial charge >= 0.3 is 0 Å². The molecule has 6 rings (SSSR count). The van der Waals surface area contributed by atoms with Crippen molar-refractivity contribution in [3.05, 3.63) is 87.5 Å². The molecular weight excluding hydrogens is 524 g/mol. The van der Waals surface area contributed by atoms with Gasteiger partial charge in [-0.1, -0.05) is 18.2 Å². The number of carbonyl (C=O) groups excluding carboxylic acids is 4. The van der Waals surface area contributed by atoms with Crippen LogP contribution >= 0.6 is 0 Å². The summed E-state index contributed by atoms with van der Waals surface area (Å²) >= 11 is 0. The lowest BCUT2D eigenvalue weighted by molar-refractivity contribution is -0.125. The third-order valence-electron chi connectivity index (χ3n) is 7.79. The zero-order chi connectivity index (χ0) is 28.8. The zero-order valence-corrected chi connectivity index (χ0v) is 22.9. The molecule has 11 heteroatoms. The summed E-state index contributed by atoms with van der Waals surface area (Å²) in [5.74, 6) is -0.0959. The van der Waals surface area contributed by atoms with Crippen LogP contribution < -0.4 is 15.4 Å². The van der Waals surface area contributed by atoms with E-state index in [4.69, 9.17) is 4.74 Å². The van der Waals surface area contributed by atoms with Crippen molar-refractivity contribution in [1.82, 2.24) is 30.2 Å². The monoisotopic (exact) mass is 552 g/mol. The molecule has 4 aromatic rings. The summed E-state index contributed by atoms with van der Waals surface area (Å²) in [4.78, 5) is 59.0. The van der Waals surface area contributed by atoms with Crippen LogP contribution in [0.4, 0.5) is 0 Å². The van der Waals surface area contributed by atoms with Gasteiger partial charge in [-0.25, -0.2) is 4.98 Å². The van der Waals surface area contributed by atoms with Crippen LogP contribution in [0.2, 0.25) is 0 Å². The van der Waals surface area contributed by atoms with Crippen molar-refractivity contribution in [2.45, 2.75) is 58.7 Å². The molecule has 11 nitrogen and oxygen atoms in total. The molecule has 2 aromatic carbocycles. The molecular formula is C30H28N6O5. The number of carbonyl (C=O) groups is 4. The lowest BCUT2D eigenvalue weighted by Crippen LogP contribution is -2.31. The summed E-state index contributed by atoms with van der Waals surface area (Å²) in [5, 5.41) is 10.0. The van der Waals surface area contributed by atoms with Crippen molar-refractivity contribution in [2.75, 3.05) is 0 Å². The number of ether oxygens (including phenoxy) is 1. The van der Waals surface area contributed by atoms with Crippen molar-refractivity contribution in [1.29, 1.82) is 0 Å². The molecule has 1 aliphatic heterocycles. The van der Waals surface area contributed by atoms with Crippen LogP contribution in [-0.4, -0.2) is 49.1 Å². The fourth-order valence-corrected chi connectivity index (χ4v) is 5.59. The van der Waals surface area contributed by atoms with E-state index in [2.05, 4.69) is 25.7 Å². The van der Waals surface area contributed by atoms with E-state index >= 15 is 0 Å². The van der Waals surface area contributed by atoms with E-state index < -0.39 is 17.9 Å². The molecule has 2 aromatic heterocycles. The topological polar surface area (TPSA) is 145 Å². The smallest absolute Gasteiger partial charge is 0.270 e. The second kappa shape index (κ2) is 10.2.